The molecule has 0 spiro atoms. The van der Waals surface area contributed by atoms with Gasteiger partial charge in [0.1, 0.15) is 0 Å². The van der Waals surface area contributed by atoms with Crippen molar-refractivity contribution in [2.45, 2.75) is 20.4 Å². The second-order valence-electron chi connectivity index (χ2n) is 12.7. The molecule has 55 heavy (non-hydrogen) atoms. The minimum atomic E-state index is -0.826. The summed E-state index contributed by atoms with van der Waals surface area (Å²) < 4.78 is 0. The molecule has 0 fully saturated rings. The van der Waals surface area contributed by atoms with Gasteiger partial charge in [-0.15, -0.1) is 56.9 Å². The van der Waals surface area contributed by atoms with E-state index in [1.165, 1.54) is 37.9 Å². The summed E-state index contributed by atoms with van der Waals surface area (Å²) in [5.41, 5.74) is 11.1. The molecular weight excluding hydrogens is 811 g/mol. The van der Waals surface area contributed by atoms with E-state index >= 15 is 0 Å². The molecule has 2 radical (unpaired) electrons. The quantitative estimate of drug-likeness (QED) is 0.128. The van der Waals surface area contributed by atoms with E-state index in [2.05, 4.69) is 125 Å². The van der Waals surface area contributed by atoms with Crippen molar-refractivity contribution in [3.63, 3.8) is 0 Å². The Balaban J connectivity index is 0.000000148. The molecule has 0 aliphatic carbocycles. The van der Waals surface area contributed by atoms with Crippen molar-refractivity contribution < 1.29 is 20.8 Å². The summed E-state index contributed by atoms with van der Waals surface area (Å²) in [5.74, 6) is 0. The molecule has 0 unspecified atom stereocenters. The number of pyridine rings is 4. The van der Waals surface area contributed by atoms with Crippen LogP contribution in [-0.4, -0.2) is 29.5 Å². The third kappa shape index (κ3) is 10.7. The second-order valence-corrected chi connectivity index (χ2v) is 17.5. The first-order chi connectivity index (χ1) is 27.0. The fourth-order valence-electron chi connectivity index (χ4n) is 6.38. The number of fused-ring (bicyclic) bond motifs is 2. The van der Waals surface area contributed by atoms with Crippen LogP contribution in [0.3, 0.4) is 0 Å². The van der Waals surface area contributed by atoms with Crippen molar-refractivity contribution >= 4 is 53.3 Å². The Hall–Kier alpha value is -4.84. The van der Waals surface area contributed by atoms with Crippen molar-refractivity contribution in [3.05, 3.63) is 188 Å². The summed E-state index contributed by atoms with van der Waals surface area (Å²) in [4.78, 5) is 18.0. The Morgan fingerprint density at radius 1 is 0.473 bits per heavy atom. The minimum absolute atomic E-state index is 0.826. The van der Waals surface area contributed by atoms with Crippen LogP contribution in [0.15, 0.2) is 176 Å². The van der Waals surface area contributed by atoms with Gasteiger partial charge >= 0.3 is 37.9 Å². The SMILES string of the molecule is C[Si]c1ccccc1.Cc1cc2c(-c3ccccn3)cc(-c3ccccn3)cc2[cH-]1.Cc1cc2c(-c3ccccn3)cc(-c3ccccn3)cc2[cH-]1.[Cl][Zr+2][Cl]. The van der Waals surface area contributed by atoms with Gasteiger partial charge in [0.05, 0.1) is 32.3 Å². The number of benzene rings is 3. The molecule has 0 aliphatic rings. The Bertz CT molecular complexity index is 2370. The molecule has 0 bridgehead atoms. The van der Waals surface area contributed by atoms with Gasteiger partial charge in [-0.3, -0.25) is 19.9 Å². The average Bonchev–Trinajstić information content (AvgIpc) is 3.83. The number of aromatic nitrogens is 4. The molecule has 4 nitrogen and oxygen atoms in total. The first-order valence-corrected chi connectivity index (χ1v) is 25.6. The molecule has 9 rings (SSSR count). The van der Waals surface area contributed by atoms with Gasteiger partial charge in [0.25, 0.3) is 0 Å². The Morgan fingerprint density at radius 3 is 1.16 bits per heavy atom. The van der Waals surface area contributed by atoms with Crippen LogP contribution in [-0.2, 0) is 20.8 Å². The van der Waals surface area contributed by atoms with Crippen LogP contribution in [0.2, 0.25) is 6.55 Å². The third-order valence-electron chi connectivity index (χ3n) is 8.80. The predicted octanol–water partition coefficient (Wildman–Crippen LogP) is 12.4. The Morgan fingerprint density at radius 2 is 0.836 bits per heavy atom. The molecule has 4 aromatic heterocycles. The van der Waals surface area contributed by atoms with Crippen LogP contribution >= 0.6 is 17.0 Å². The summed E-state index contributed by atoms with van der Waals surface area (Å²) in [6.07, 6.45) is 7.33. The Kier molecular flexibility index (Phi) is 14.6. The van der Waals surface area contributed by atoms with Crippen molar-refractivity contribution in [3.8, 4) is 45.0 Å². The summed E-state index contributed by atoms with van der Waals surface area (Å²) in [7, 11) is 10.8. The van der Waals surface area contributed by atoms with Gasteiger partial charge in [-0.05, 0) is 70.8 Å². The zero-order chi connectivity index (χ0) is 38.4. The standard InChI is InChI=1S/2C20H15N2.C7H8Si.2ClH.Zr/c2*1-14-10-15-12-16(19-6-2-4-8-21-19)13-18(17(15)11-14)20-7-3-5-9-22-20;1-8-7-5-3-2-4-6-7;;;/h2*2-13H,1H3;2-6H,1H3;2*1H;/q2*-1;;;;+4/p-2. The molecular formula is C47H38Cl2N4SiZr. The van der Waals surface area contributed by atoms with Gasteiger partial charge in [-0.25, -0.2) is 0 Å². The van der Waals surface area contributed by atoms with E-state index in [4.69, 9.17) is 17.0 Å². The second kappa shape index (κ2) is 20.2. The maximum atomic E-state index is 4.93. The van der Waals surface area contributed by atoms with Gasteiger partial charge in [0.2, 0.25) is 0 Å². The van der Waals surface area contributed by atoms with E-state index in [-0.39, 0.29) is 0 Å². The molecule has 8 heteroatoms. The van der Waals surface area contributed by atoms with Crippen LogP contribution in [0.1, 0.15) is 11.1 Å². The number of nitrogens with zero attached hydrogens (tertiary/aromatic N) is 4. The fourth-order valence-corrected chi connectivity index (χ4v) is 6.90. The van der Waals surface area contributed by atoms with Gasteiger partial charge < -0.3 is 0 Å². The zero-order valence-corrected chi connectivity index (χ0v) is 35.8. The van der Waals surface area contributed by atoms with Crippen molar-refractivity contribution in [2.75, 3.05) is 0 Å². The summed E-state index contributed by atoms with van der Waals surface area (Å²) >= 11 is -0.826. The maximum absolute atomic E-state index is 4.93. The molecule has 0 atom stereocenters. The first kappa shape index (κ1) is 39.8. The topological polar surface area (TPSA) is 51.6 Å². The zero-order valence-electron chi connectivity index (χ0n) is 30.8. The van der Waals surface area contributed by atoms with E-state index in [1.807, 2.05) is 91.5 Å². The molecule has 268 valence electrons. The predicted molar refractivity (Wildman–Crippen MR) is 231 cm³/mol. The van der Waals surface area contributed by atoms with Crippen LogP contribution < -0.4 is 5.19 Å². The molecule has 5 aromatic carbocycles. The monoisotopic (exact) mass is 846 g/mol. The molecule has 9 aromatic rings. The third-order valence-corrected chi connectivity index (χ3v) is 9.71. The van der Waals surface area contributed by atoms with Crippen molar-refractivity contribution in [2.24, 2.45) is 0 Å². The molecule has 4 heterocycles. The van der Waals surface area contributed by atoms with Crippen LogP contribution in [0.4, 0.5) is 0 Å². The average molecular weight is 849 g/mol. The van der Waals surface area contributed by atoms with Gasteiger partial charge in [0, 0.05) is 24.8 Å². The molecule has 0 saturated carbocycles. The van der Waals surface area contributed by atoms with Crippen LogP contribution in [0.25, 0.3) is 66.6 Å². The van der Waals surface area contributed by atoms with E-state index < -0.39 is 20.8 Å². The number of aryl methyl sites for hydroxylation is 2. The molecule has 0 saturated heterocycles. The van der Waals surface area contributed by atoms with E-state index in [9.17, 15) is 0 Å². The van der Waals surface area contributed by atoms with Crippen LogP contribution in [0.5, 0.6) is 0 Å². The van der Waals surface area contributed by atoms with Crippen molar-refractivity contribution in [1.82, 2.24) is 19.9 Å². The van der Waals surface area contributed by atoms with Gasteiger partial charge in [0.15, 0.2) is 0 Å². The van der Waals surface area contributed by atoms with Crippen molar-refractivity contribution in [1.29, 1.82) is 0 Å². The number of halogens is 2. The number of hydrogen-bond acceptors (Lipinski definition) is 4. The molecule has 0 aliphatic heterocycles. The molecule has 0 N–H and O–H groups in total. The number of hydrogen-bond donors (Lipinski definition) is 0. The number of rotatable bonds is 5. The van der Waals surface area contributed by atoms with E-state index in [0.29, 0.717) is 0 Å². The van der Waals surface area contributed by atoms with E-state index in [1.54, 1.807) is 0 Å². The first-order valence-electron chi connectivity index (χ1n) is 17.7. The summed E-state index contributed by atoms with van der Waals surface area (Å²) in [5, 5.41) is 6.40. The van der Waals surface area contributed by atoms with E-state index in [0.717, 1.165) is 54.5 Å². The summed E-state index contributed by atoms with van der Waals surface area (Å²) in [6, 6.07) is 52.2. The fraction of sp³-hybridized carbons (Fsp3) is 0.0638. The Labute approximate surface area is 344 Å². The molecule has 0 amide bonds. The van der Waals surface area contributed by atoms with Gasteiger partial charge in [-0.1, -0.05) is 92.3 Å². The van der Waals surface area contributed by atoms with Crippen LogP contribution in [0, 0.1) is 13.8 Å². The normalized spacial score (nSPS) is 10.3. The van der Waals surface area contributed by atoms with Gasteiger partial charge in [-0.2, -0.15) is 12.1 Å². The summed E-state index contributed by atoms with van der Waals surface area (Å²) in [6.45, 7) is 6.45.